The first kappa shape index (κ1) is 18.9. The number of nitrogens with one attached hydrogen (secondary N) is 3. The molecule has 1 aliphatic rings. The van der Waals surface area contributed by atoms with Gasteiger partial charge in [-0.25, -0.2) is 14.8 Å². The van der Waals surface area contributed by atoms with Crippen molar-refractivity contribution in [3.8, 4) is 11.3 Å². The lowest BCUT2D eigenvalue weighted by Crippen LogP contribution is -2.41. The van der Waals surface area contributed by atoms with Gasteiger partial charge in [-0.15, -0.1) is 10.2 Å². The van der Waals surface area contributed by atoms with Crippen LogP contribution in [-0.2, 0) is 7.05 Å². The summed E-state index contributed by atoms with van der Waals surface area (Å²) in [5.74, 6) is 2.42. The van der Waals surface area contributed by atoms with Gasteiger partial charge >= 0.3 is 6.03 Å². The fourth-order valence-corrected chi connectivity index (χ4v) is 3.56. The number of carbonyl (C=O) groups is 1. The van der Waals surface area contributed by atoms with Crippen molar-refractivity contribution >= 4 is 29.3 Å². The number of aryl methyl sites for hydroxylation is 1. The van der Waals surface area contributed by atoms with E-state index in [-0.39, 0.29) is 12.2 Å². The van der Waals surface area contributed by atoms with Gasteiger partial charge in [-0.05, 0) is 24.7 Å². The van der Waals surface area contributed by atoms with E-state index in [9.17, 15) is 4.79 Å². The molecule has 0 spiro atoms. The number of amides is 2. The van der Waals surface area contributed by atoms with E-state index in [2.05, 4.69) is 41.2 Å². The first-order chi connectivity index (χ1) is 15.0. The molecular formula is C19H21N11O. The summed E-state index contributed by atoms with van der Waals surface area (Å²) in [6.45, 7) is 2.66. The summed E-state index contributed by atoms with van der Waals surface area (Å²) in [6.07, 6.45) is 2.98. The van der Waals surface area contributed by atoms with E-state index in [4.69, 9.17) is 0 Å². The zero-order valence-electron chi connectivity index (χ0n) is 17.2. The molecule has 12 heteroatoms. The van der Waals surface area contributed by atoms with Crippen molar-refractivity contribution in [2.75, 3.05) is 24.2 Å². The van der Waals surface area contributed by atoms with Crippen LogP contribution in [0.4, 0.5) is 22.4 Å². The summed E-state index contributed by atoms with van der Waals surface area (Å²) in [4.78, 5) is 23.2. The van der Waals surface area contributed by atoms with E-state index in [1.54, 1.807) is 35.1 Å². The largest absolute Gasteiger partial charge is 0.324 e. The minimum atomic E-state index is -0.388. The zero-order valence-corrected chi connectivity index (χ0v) is 17.2. The molecule has 0 aliphatic carbocycles. The molecule has 1 atom stereocenters. The zero-order chi connectivity index (χ0) is 21.5. The predicted molar refractivity (Wildman–Crippen MR) is 114 cm³/mol. The molecule has 0 unspecified atom stereocenters. The molecule has 5 rings (SSSR count). The lowest BCUT2D eigenvalue weighted by atomic mass is 10.2. The van der Waals surface area contributed by atoms with Crippen LogP contribution >= 0.6 is 0 Å². The van der Waals surface area contributed by atoms with Crippen molar-refractivity contribution in [3.63, 3.8) is 0 Å². The van der Waals surface area contributed by atoms with E-state index in [1.165, 1.54) is 0 Å². The van der Waals surface area contributed by atoms with Crippen LogP contribution < -0.4 is 16.0 Å². The topological polar surface area (TPSA) is 130 Å². The molecule has 0 fully saturated rings. The number of pyridine rings is 1. The Morgan fingerprint density at radius 1 is 1.16 bits per heavy atom. The van der Waals surface area contributed by atoms with Crippen LogP contribution in [0.2, 0.25) is 0 Å². The summed E-state index contributed by atoms with van der Waals surface area (Å²) >= 11 is 0. The van der Waals surface area contributed by atoms with E-state index >= 15 is 0 Å². The number of urea groups is 1. The molecule has 158 valence electrons. The maximum Gasteiger partial charge on any atom is 0.324 e. The smallest absolute Gasteiger partial charge is 0.309 e. The fourth-order valence-electron chi connectivity index (χ4n) is 3.56. The normalized spacial score (nSPS) is 15.8. The molecule has 0 aromatic carbocycles. The van der Waals surface area contributed by atoms with Crippen molar-refractivity contribution in [3.05, 3.63) is 42.5 Å². The molecule has 2 amide bonds. The van der Waals surface area contributed by atoms with Crippen molar-refractivity contribution in [1.82, 2.24) is 44.6 Å². The molecule has 0 saturated carbocycles. The fraction of sp³-hybridized carbons (Fsp3) is 0.263. The quantitative estimate of drug-likeness (QED) is 0.446. The molecule has 5 heterocycles. The number of hydrogen-bond donors (Lipinski definition) is 3. The Hall–Kier alpha value is -4.06. The lowest BCUT2D eigenvalue weighted by Gasteiger charge is -2.24. The van der Waals surface area contributed by atoms with Crippen molar-refractivity contribution in [1.29, 1.82) is 0 Å². The predicted octanol–water partition coefficient (Wildman–Crippen LogP) is 1.75. The number of rotatable bonds is 5. The summed E-state index contributed by atoms with van der Waals surface area (Å²) in [7, 11) is 3.55. The number of aromatic nitrogens is 7. The average molecular weight is 419 g/mol. The molecule has 31 heavy (non-hydrogen) atoms. The molecule has 1 aliphatic heterocycles. The maximum atomic E-state index is 12.7. The first-order valence-corrected chi connectivity index (χ1v) is 9.80. The highest BCUT2D eigenvalue weighted by atomic mass is 16.2. The Balaban J connectivity index is 1.57. The molecule has 4 aromatic rings. The van der Waals surface area contributed by atoms with Crippen LogP contribution in [0.1, 0.15) is 18.9 Å². The number of hydrogen-bond acceptors (Lipinski definition) is 8. The van der Waals surface area contributed by atoms with Gasteiger partial charge in [0.25, 0.3) is 0 Å². The van der Waals surface area contributed by atoms with Gasteiger partial charge in [0.2, 0.25) is 5.95 Å². The molecule has 12 nitrogen and oxygen atoms in total. The number of carbonyl (C=O) groups excluding carboxylic acids is 1. The van der Waals surface area contributed by atoms with Crippen LogP contribution in [-0.4, -0.2) is 58.9 Å². The standard InChI is InChI=1S/C19H21N11O/c1-4-20-16-17-27-26-15-10-11(9-14(30(15)17)25-19(31)28(16)2)12-5-7-21-18(23-12)24-13-6-8-22-29(13)3/h5-10,16,20H,4H2,1-3H3,(H,25,31)(H,21,23,24)/t16-/m0/s1. The van der Waals surface area contributed by atoms with E-state index in [0.29, 0.717) is 35.5 Å². The minimum Gasteiger partial charge on any atom is -0.309 e. The van der Waals surface area contributed by atoms with Crippen LogP contribution in [0, 0.1) is 0 Å². The third-order valence-corrected chi connectivity index (χ3v) is 5.13. The summed E-state index contributed by atoms with van der Waals surface area (Å²) in [5, 5.41) is 22.2. The van der Waals surface area contributed by atoms with Crippen LogP contribution in [0.25, 0.3) is 16.9 Å². The van der Waals surface area contributed by atoms with Gasteiger partial charge in [0.05, 0.1) is 11.9 Å². The van der Waals surface area contributed by atoms with Crippen LogP contribution in [0.15, 0.2) is 36.7 Å². The van der Waals surface area contributed by atoms with Gasteiger partial charge < -0.3 is 10.2 Å². The number of nitrogens with zero attached hydrogens (tertiary/aromatic N) is 8. The second kappa shape index (κ2) is 7.32. The van der Waals surface area contributed by atoms with Gasteiger partial charge in [0.1, 0.15) is 17.8 Å². The van der Waals surface area contributed by atoms with E-state index in [1.807, 2.05) is 36.6 Å². The lowest BCUT2D eigenvalue weighted by molar-refractivity contribution is 0.191. The van der Waals surface area contributed by atoms with Crippen molar-refractivity contribution in [2.24, 2.45) is 7.05 Å². The Labute approximate surface area is 177 Å². The minimum absolute atomic E-state index is 0.240. The van der Waals surface area contributed by atoms with Gasteiger partial charge in [0, 0.05) is 31.9 Å². The third-order valence-electron chi connectivity index (χ3n) is 5.13. The monoisotopic (exact) mass is 419 g/mol. The van der Waals surface area contributed by atoms with Crippen molar-refractivity contribution in [2.45, 2.75) is 13.1 Å². The molecule has 3 N–H and O–H groups in total. The first-order valence-electron chi connectivity index (χ1n) is 9.80. The second-order valence-corrected chi connectivity index (χ2v) is 7.11. The van der Waals surface area contributed by atoms with Gasteiger partial charge in [-0.1, -0.05) is 6.92 Å². The summed E-state index contributed by atoms with van der Waals surface area (Å²) in [6, 6.07) is 7.14. The third kappa shape index (κ3) is 3.22. The Bertz CT molecular complexity index is 1280. The SMILES string of the molecule is CCN[C@@H]1c2nnc3cc(-c4ccnc(Nc5ccnn5C)n4)cc(n23)NC(=O)N1C. The molecule has 4 aromatic heterocycles. The highest BCUT2D eigenvalue weighted by molar-refractivity contribution is 5.90. The Morgan fingerprint density at radius 2 is 2.03 bits per heavy atom. The molecule has 0 bridgehead atoms. The average Bonchev–Trinajstić information content (AvgIpc) is 3.35. The van der Waals surface area contributed by atoms with E-state index in [0.717, 1.165) is 11.4 Å². The van der Waals surface area contributed by atoms with Gasteiger partial charge in [0.15, 0.2) is 11.5 Å². The number of anilines is 3. The Kier molecular flexibility index (Phi) is 4.47. The highest BCUT2D eigenvalue weighted by Gasteiger charge is 2.30. The van der Waals surface area contributed by atoms with Crippen LogP contribution in [0.5, 0.6) is 0 Å². The van der Waals surface area contributed by atoms with Crippen LogP contribution in [0.3, 0.4) is 0 Å². The van der Waals surface area contributed by atoms with E-state index < -0.39 is 0 Å². The second-order valence-electron chi connectivity index (χ2n) is 7.11. The molecular weight excluding hydrogens is 398 g/mol. The summed E-state index contributed by atoms with van der Waals surface area (Å²) < 4.78 is 3.54. The van der Waals surface area contributed by atoms with Gasteiger partial charge in [-0.2, -0.15) is 5.10 Å². The molecule has 0 radical (unpaired) electrons. The summed E-state index contributed by atoms with van der Waals surface area (Å²) in [5.41, 5.74) is 2.07. The van der Waals surface area contributed by atoms with Crippen molar-refractivity contribution < 1.29 is 4.79 Å². The molecule has 0 saturated heterocycles. The Morgan fingerprint density at radius 3 is 2.81 bits per heavy atom. The highest BCUT2D eigenvalue weighted by Crippen LogP contribution is 2.30. The van der Waals surface area contributed by atoms with Gasteiger partial charge in [-0.3, -0.25) is 19.7 Å². The maximum absolute atomic E-state index is 12.7.